The third-order valence-corrected chi connectivity index (χ3v) is 2.44. The summed E-state index contributed by atoms with van der Waals surface area (Å²) in [6, 6.07) is 2.69. The molecule has 0 fully saturated rings. The Hall–Kier alpha value is -1.10. The molecule has 1 rings (SSSR count). The van der Waals surface area contributed by atoms with Crippen LogP contribution in [-0.2, 0) is 0 Å². The molecule has 82 valence electrons. The van der Waals surface area contributed by atoms with Crippen LogP contribution in [0, 0.1) is 5.82 Å². The molecule has 0 radical (unpaired) electrons. The molecule has 0 unspecified atom stereocenters. The molecule has 0 spiro atoms. The van der Waals surface area contributed by atoms with Gasteiger partial charge in [-0.2, -0.15) is 0 Å². The summed E-state index contributed by atoms with van der Waals surface area (Å²) in [5.41, 5.74) is 0.283. The summed E-state index contributed by atoms with van der Waals surface area (Å²) in [5.74, 6) is -0.709. The van der Waals surface area contributed by atoms with E-state index in [0.29, 0.717) is 4.47 Å². The zero-order valence-corrected chi connectivity index (χ0v) is 10.3. The summed E-state index contributed by atoms with van der Waals surface area (Å²) in [6.45, 7) is 0. The molecule has 0 saturated heterocycles. The fraction of sp³-hybridized carbons (Fsp3) is 0.300. The molecule has 0 aromatic heterocycles. The maximum Gasteiger partial charge on any atom is 0.253 e. The Bertz CT molecular complexity index is 370. The first-order valence-electron chi connectivity index (χ1n) is 4.22. The van der Waals surface area contributed by atoms with Crippen molar-refractivity contribution in [3.8, 4) is 5.75 Å². The van der Waals surface area contributed by atoms with E-state index in [1.165, 1.54) is 18.1 Å². The van der Waals surface area contributed by atoms with Crippen molar-refractivity contribution in [1.29, 1.82) is 0 Å². The topological polar surface area (TPSA) is 29.5 Å². The Morgan fingerprint density at radius 1 is 1.47 bits per heavy atom. The molecule has 0 aliphatic rings. The van der Waals surface area contributed by atoms with E-state index < -0.39 is 5.82 Å². The molecule has 0 heterocycles. The van der Waals surface area contributed by atoms with Gasteiger partial charge in [0, 0.05) is 19.7 Å². The largest absolute Gasteiger partial charge is 0.492 e. The van der Waals surface area contributed by atoms with Crippen LogP contribution in [0.3, 0.4) is 0 Å². The van der Waals surface area contributed by atoms with Gasteiger partial charge in [0.2, 0.25) is 0 Å². The second-order valence-electron chi connectivity index (χ2n) is 3.17. The average molecular weight is 276 g/mol. The van der Waals surface area contributed by atoms with Crippen molar-refractivity contribution >= 4 is 21.8 Å². The molecular weight excluding hydrogens is 265 g/mol. The molecule has 1 aromatic rings. The van der Waals surface area contributed by atoms with E-state index >= 15 is 0 Å². The van der Waals surface area contributed by atoms with Crippen LogP contribution in [0.4, 0.5) is 4.39 Å². The minimum Gasteiger partial charge on any atom is -0.492 e. The van der Waals surface area contributed by atoms with Crippen molar-refractivity contribution in [2.45, 2.75) is 0 Å². The lowest BCUT2D eigenvalue weighted by atomic mass is 10.2. The number of nitrogens with zero attached hydrogens (tertiary/aromatic N) is 1. The first-order valence-corrected chi connectivity index (χ1v) is 5.01. The molecule has 5 heteroatoms. The quantitative estimate of drug-likeness (QED) is 0.829. The number of hydrogen-bond donors (Lipinski definition) is 0. The van der Waals surface area contributed by atoms with E-state index in [0.717, 1.165) is 6.07 Å². The maximum atomic E-state index is 13.4. The number of carbonyl (C=O) groups excluding carboxylic acids is 1. The van der Waals surface area contributed by atoms with Gasteiger partial charge in [0.1, 0.15) is 0 Å². The SMILES string of the molecule is COc1c(F)cc(C(=O)N(C)C)cc1Br. The Morgan fingerprint density at radius 3 is 2.47 bits per heavy atom. The standard InChI is InChI=1S/C10H11BrFNO2/c1-13(2)10(14)6-4-7(11)9(15-3)8(12)5-6/h4-5H,1-3H3. The average Bonchev–Trinajstić information content (AvgIpc) is 2.15. The normalized spacial score (nSPS) is 9.93. The van der Waals surface area contributed by atoms with E-state index in [-0.39, 0.29) is 17.2 Å². The van der Waals surface area contributed by atoms with Crippen molar-refractivity contribution < 1.29 is 13.9 Å². The van der Waals surface area contributed by atoms with Gasteiger partial charge in [-0.3, -0.25) is 4.79 Å². The van der Waals surface area contributed by atoms with E-state index in [1.54, 1.807) is 14.1 Å². The zero-order chi connectivity index (χ0) is 11.6. The van der Waals surface area contributed by atoms with Gasteiger partial charge in [-0.15, -0.1) is 0 Å². The highest BCUT2D eigenvalue weighted by Gasteiger charge is 2.15. The molecule has 0 N–H and O–H groups in total. The van der Waals surface area contributed by atoms with E-state index in [1.807, 2.05) is 0 Å². The second kappa shape index (κ2) is 4.61. The van der Waals surface area contributed by atoms with Crippen LogP contribution in [0.2, 0.25) is 0 Å². The fourth-order valence-electron chi connectivity index (χ4n) is 1.14. The monoisotopic (exact) mass is 275 g/mol. The Kier molecular flexibility index (Phi) is 3.68. The molecule has 1 amide bonds. The van der Waals surface area contributed by atoms with E-state index in [2.05, 4.69) is 15.9 Å². The van der Waals surface area contributed by atoms with E-state index in [9.17, 15) is 9.18 Å². The molecule has 0 aliphatic carbocycles. The Balaban J connectivity index is 3.20. The molecule has 0 bridgehead atoms. The van der Waals surface area contributed by atoms with Gasteiger partial charge in [-0.1, -0.05) is 0 Å². The highest BCUT2D eigenvalue weighted by molar-refractivity contribution is 9.10. The number of rotatable bonds is 2. The molecule has 0 saturated carbocycles. The summed E-state index contributed by atoms with van der Waals surface area (Å²) < 4.78 is 18.7. The molecule has 1 aromatic carbocycles. The van der Waals surface area contributed by atoms with Gasteiger partial charge in [0.25, 0.3) is 5.91 Å². The van der Waals surface area contributed by atoms with Crippen molar-refractivity contribution in [3.05, 3.63) is 28.0 Å². The number of ether oxygens (including phenoxy) is 1. The van der Waals surface area contributed by atoms with Crippen LogP contribution in [-0.4, -0.2) is 32.0 Å². The summed E-state index contributed by atoms with van der Waals surface area (Å²) in [7, 11) is 4.59. The van der Waals surface area contributed by atoms with E-state index in [4.69, 9.17) is 4.74 Å². The lowest BCUT2D eigenvalue weighted by Crippen LogP contribution is -2.21. The molecule has 0 aliphatic heterocycles. The van der Waals surface area contributed by atoms with Gasteiger partial charge in [0.15, 0.2) is 11.6 Å². The summed E-state index contributed by atoms with van der Waals surface area (Å²) in [5, 5.41) is 0. The van der Waals surface area contributed by atoms with Gasteiger partial charge < -0.3 is 9.64 Å². The predicted molar refractivity (Wildman–Crippen MR) is 58.7 cm³/mol. The summed E-state index contributed by atoms with van der Waals surface area (Å²) >= 11 is 3.14. The zero-order valence-electron chi connectivity index (χ0n) is 8.67. The first kappa shape index (κ1) is 12.0. The van der Waals surface area contributed by atoms with Gasteiger partial charge in [-0.05, 0) is 28.1 Å². The van der Waals surface area contributed by atoms with Crippen molar-refractivity contribution in [2.75, 3.05) is 21.2 Å². The van der Waals surface area contributed by atoms with Crippen LogP contribution in [0.25, 0.3) is 0 Å². The van der Waals surface area contributed by atoms with Crippen molar-refractivity contribution in [2.24, 2.45) is 0 Å². The number of amides is 1. The fourth-order valence-corrected chi connectivity index (χ4v) is 1.73. The van der Waals surface area contributed by atoms with Crippen LogP contribution < -0.4 is 4.74 Å². The third-order valence-electron chi connectivity index (χ3n) is 1.86. The summed E-state index contributed by atoms with van der Waals surface area (Å²) in [6.07, 6.45) is 0. The lowest BCUT2D eigenvalue weighted by molar-refractivity contribution is 0.0827. The number of carbonyl (C=O) groups is 1. The number of methoxy groups -OCH3 is 1. The van der Waals surface area contributed by atoms with Crippen LogP contribution in [0.15, 0.2) is 16.6 Å². The highest BCUT2D eigenvalue weighted by Crippen LogP contribution is 2.29. The molecule has 0 atom stereocenters. The minimum atomic E-state index is -0.558. The maximum absolute atomic E-state index is 13.4. The highest BCUT2D eigenvalue weighted by atomic mass is 79.9. The Morgan fingerprint density at radius 2 is 2.07 bits per heavy atom. The number of benzene rings is 1. The molecule has 3 nitrogen and oxygen atoms in total. The van der Waals surface area contributed by atoms with Crippen LogP contribution >= 0.6 is 15.9 Å². The molecule has 15 heavy (non-hydrogen) atoms. The predicted octanol–water partition coefficient (Wildman–Crippen LogP) is 2.30. The third kappa shape index (κ3) is 2.47. The van der Waals surface area contributed by atoms with Gasteiger partial charge in [0.05, 0.1) is 11.6 Å². The van der Waals surface area contributed by atoms with Crippen LogP contribution in [0.1, 0.15) is 10.4 Å². The Labute approximate surface area is 96.0 Å². The number of halogens is 2. The molecular formula is C10H11BrFNO2. The smallest absolute Gasteiger partial charge is 0.253 e. The van der Waals surface area contributed by atoms with Crippen molar-refractivity contribution in [1.82, 2.24) is 4.90 Å². The van der Waals surface area contributed by atoms with Gasteiger partial charge >= 0.3 is 0 Å². The lowest BCUT2D eigenvalue weighted by Gasteiger charge is -2.12. The van der Waals surface area contributed by atoms with Gasteiger partial charge in [-0.25, -0.2) is 4.39 Å². The summed E-state index contributed by atoms with van der Waals surface area (Å²) in [4.78, 5) is 12.9. The minimum absolute atomic E-state index is 0.102. The second-order valence-corrected chi connectivity index (χ2v) is 4.03. The first-order chi connectivity index (χ1) is 6.97. The number of hydrogen-bond acceptors (Lipinski definition) is 2. The van der Waals surface area contributed by atoms with Crippen LogP contribution in [0.5, 0.6) is 5.75 Å². The van der Waals surface area contributed by atoms with Crippen molar-refractivity contribution in [3.63, 3.8) is 0 Å².